The molecule has 208 valence electrons. The van der Waals surface area contributed by atoms with Crippen LogP contribution >= 0.6 is 23.1 Å². The monoisotopic (exact) mass is 558 g/mol. The standard InChI is InChI=1S/C29H42N4O3S2/c1-23(2)25-10-9-24(28(35)26-8-7-21-37-26)29(30-25)38-20-6-4-3-5-11-31-12-14-32(15-13-31)22-27(34)33-16-18-36-19-17-33/h7-10,21,23H,3-6,11-20,22H2,1-2H3. The lowest BCUT2D eigenvalue weighted by Gasteiger charge is -2.36. The number of hydrogen-bond donors (Lipinski definition) is 0. The van der Waals surface area contributed by atoms with Gasteiger partial charge >= 0.3 is 0 Å². The molecule has 38 heavy (non-hydrogen) atoms. The van der Waals surface area contributed by atoms with Crippen molar-refractivity contribution in [1.82, 2.24) is 19.7 Å². The number of piperazine rings is 1. The molecule has 0 aromatic carbocycles. The summed E-state index contributed by atoms with van der Waals surface area (Å²) in [4.78, 5) is 37.9. The maximum atomic E-state index is 13.0. The second-order valence-corrected chi connectivity index (χ2v) is 12.5. The predicted octanol–water partition coefficient (Wildman–Crippen LogP) is 4.63. The van der Waals surface area contributed by atoms with E-state index >= 15 is 0 Å². The van der Waals surface area contributed by atoms with Gasteiger partial charge in [-0.15, -0.1) is 23.1 Å². The van der Waals surface area contributed by atoms with E-state index in [1.54, 1.807) is 11.8 Å². The number of amides is 1. The second kappa shape index (κ2) is 15.1. The van der Waals surface area contributed by atoms with Crippen LogP contribution in [0, 0.1) is 0 Å². The number of morpholine rings is 1. The molecule has 0 radical (unpaired) electrons. The average Bonchev–Trinajstić information content (AvgIpc) is 3.48. The van der Waals surface area contributed by atoms with Crippen molar-refractivity contribution in [2.24, 2.45) is 0 Å². The summed E-state index contributed by atoms with van der Waals surface area (Å²) in [5.74, 6) is 1.65. The molecule has 0 spiro atoms. The third-order valence-corrected chi connectivity index (χ3v) is 9.20. The largest absolute Gasteiger partial charge is 0.378 e. The summed E-state index contributed by atoms with van der Waals surface area (Å²) in [5.41, 5.74) is 1.77. The molecule has 0 N–H and O–H groups in total. The Morgan fingerprint density at radius 1 is 0.974 bits per heavy atom. The van der Waals surface area contributed by atoms with Crippen molar-refractivity contribution in [3.05, 3.63) is 45.8 Å². The summed E-state index contributed by atoms with van der Waals surface area (Å²) in [7, 11) is 0. The number of thiophene rings is 1. The lowest BCUT2D eigenvalue weighted by atomic mass is 10.1. The van der Waals surface area contributed by atoms with Gasteiger partial charge in [0.25, 0.3) is 0 Å². The van der Waals surface area contributed by atoms with Crippen LogP contribution in [0.15, 0.2) is 34.7 Å². The van der Waals surface area contributed by atoms with E-state index in [2.05, 4.69) is 23.6 Å². The molecule has 0 aliphatic carbocycles. The maximum Gasteiger partial charge on any atom is 0.236 e. The lowest BCUT2D eigenvalue weighted by Crippen LogP contribution is -2.51. The van der Waals surface area contributed by atoms with Crippen LogP contribution in [0.25, 0.3) is 0 Å². The van der Waals surface area contributed by atoms with Gasteiger partial charge in [-0.05, 0) is 54.6 Å². The van der Waals surface area contributed by atoms with Crippen LogP contribution in [0.1, 0.15) is 66.4 Å². The van der Waals surface area contributed by atoms with Crippen molar-refractivity contribution >= 4 is 34.8 Å². The van der Waals surface area contributed by atoms with Gasteiger partial charge in [-0.2, -0.15) is 0 Å². The highest BCUT2D eigenvalue weighted by atomic mass is 32.2. The van der Waals surface area contributed by atoms with E-state index in [1.807, 2.05) is 34.5 Å². The van der Waals surface area contributed by atoms with Gasteiger partial charge in [-0.1, -0.05) is 32.8 Å². The van der Waals surface area contributed by atoms with E-state index in [9.17, 15) is 9.59 Å². The smallest absolute Gasteiger partial charge is 0.236 e. The van der Waals surface area contributed by atoms with E-state index in [-0.39, 0.29) is 11.7 Å². The first-order valence-corrected chi connectivity index (χ1v) is 15.9. The normalized spacial score (nSPS) is 17.3. The molecule has 2 aliphatic heterocycles. The van der Waals surface area contributed by atoms with Crippen LogP contribution in [-0.4, -0.2) is 103 Å². The number of pyridine rings is 1. The van der Waals surface area contributed by atoms with E-state index < -0.39 is 0 Å². The van der Waals surface area contributed by atoms with Crippen LogP contribution in [0.2, 0.25) is 0 Å². The number of carbonyl (C=O) groups is 2. The van der Waals surface area contributed by atoms with E-state index in [1.165, 1.54) is 30.6 Å². The molecule has 2 saturated heterocycles. The zero-order valence-electron chi connectivity index (χ0n) is 22.9. The summed E-state index contributed by atoms with van der Waals surface area (Å²) >= 11 is 3.21. The average molecular weight is 559 g/mol. The van der Waals surface area contributed by atoms with Crippen molar-refractivity contribution in [1.29, 1.82) is 0 Å². The Morgan fingerprint density at radius 3 is 2.42 bits per heavy atom. The van der Waals surface area contributed by atoms with Crippen LogP contribution in [0.5, 0.6) is 0 Å². The van der Waals surface area contributed by atoms with E-state index in [0.717, 1.165) is 79.1 Å². The van der Waals surface area contributed by atoms with Crippen LogP contribution in [0.3, 0.4) is 0 Å². The summed E-state index contributed by atoms with van der Waals surface area (Å²) in [6.45, 7) is 12.8. The molecule has 0 saturated carbocycles. The first-order valence-electron chi connectivity index (χ1n) is 14.0. The highest BCUT2D eigenvalue weighted by molar-refractivity contribution is 7.99. The molecule has 4 rings (SSSR count). The highest BCUT2D eigenvalue weighted by Crippen LogP contribution is 2.28. The maximum absolute atomic E-state index is 13.0. The van der Waals surface area contributed by atoms with Gasteiger partial charge in [0.2, 0.25) is 11.7 Å². The van der Waals surface area contributed by atoms with E-state index in [4.69, 9.17) is 9.72 Å². The molecular weight excluding hydrogens is 516 g/mol. The highest BCUT2D eigenvalue weighted by Gasteiger charge is 2.23. The van der Waals surface area contributed by atoms with Gasteiger partial charge in [-0.3, -0.25) is 14.5 Å². The van der Waals surface area contributed by atoms with Gasteiger partial charge in [0, 0.05) is 45.0 Å². The second-order valence-electron chi connectivity index (χ2n) is 10.4. The summed E-state index contributed by atoms with van der Waals surface area (Å²) in [5, 5.41) is 2.82. The molecule has 9 heteroatoms. The van der Waals surface area contributed by atoms with Gasteiger partial charge < -0.3 is 14.5 Å². The molecule has 2 aliphatic rings. The molecule has 2 fully saturated rings. The van der Waals surface area contributed by atoms with Crippen molar-refractivity contribution < 1.29 is 14.3 Å². The first-order chi connectivity index (χ1) is 18.5. The van der Waals surface area contributed by atoms with Crippen molar-refractivity contribution in [3.63, 3.8) is 0 Å². The molecule has 4 heterocycles. The molecule has 0 bridgehead atoms. The van der Waals surface area contributed by atoms with Gasteiger partial charge in [-0.25, -0.2) is 4.98 Å². The fraction of sp³-hybridized carbons (Fsp3) is 0.621. The third kappa shape index (κ3) is 8.61. The minimum atomic E-state index is 0.0795. The minimum absolute atomic E-state index is 0.0795. The Labute approximate surface area is 235 Å². The van der Waals surface area contributed by atoms with Gasteiger partial charge in [0.15, 0.2) is 0 Å². The van der Waals surface area contributed by atoms with Crippen molar-refractivity contribution in [2.75, 3.05) is 71.3 Å². The number of carbonyl (C=O) groups excluding carboxylic acids is 2. The summed E-state index contributed by atoms with van der Waals surface area (Å²) < 4.78 is 5.35. The zero-order chi connectivity index (χ0) is 26.7. The molecule has 0 atom stereocenters. The fourth-order valence-corrected chi connectivity index (χ4v) is 6.54. The number of ether oxygens (including phenoxy) is 1. The molecular formula is C29H42N4O3S2. The SMILES string of the molecule is CC(C)c1ccc(C(=O)c2cccs2)c(SCCCCCCN2CCN(CC(=O)N3CCOCC3)CC2)n1. The topological polar surface area (TPSA) is 66.0 Å². The molecule has 0 unspecified atom stereocenters. The van der Waals surface area contributed by atoms with Crippen LogP contribution in [-0.2, 0) is 9.53 Å². The number of thioether (sulfide) groups is 1. The summed E-state index contributed by atoms with van der Waals surface area (Å²) in [6.07, 6.45) is 4.75. The minimum Gasteiger partial charge on any atom is -0.378 e. The molecule has 7 nitrogen and oxygen atoms in total. The Hall–Kier alpha value is -1.78. The van der Waals surface area contributed by atoms with Crippen molar-refractivity contribution in [2.45, 2.75) is 50.5 Å². The Morgan fingerprint density at radius 2 is 1.71 bits per heavy atom. The fourth-order valence-electron chi connectivity index (χ4n) is 4.83. The molecule has 2 aromatic heterocycles. The van der Waals surface area contributed by atoms with E-state index in [0.29, 0.717) is 25.7 Å². The lowest BCUT2D eigenvalue weighted by molar-refractivity contribution is -0.136. The van der Waals surface area contributed by atoms with Gasteiger partial charge in [0.1, 0.15) is 5.03 Å². The van der Waals surface area contributed by atoms with Crippen LogP contribution < -0.4 is 0 Å². The van der Waals surface area contributed by atoms with Crippen molar-refractivity contribution in [3.8, 4) is 0 Å². The quantitative estimate of drug-likeness (QED) is 0.202. The zero-order valence-corrected chi connectivity index (χ0v) is 24.5. The number of nitrogens with zero attached hydrogens (tertiary/aromatic N) is 4. The molecule has 1 amide bonds. The Kier molecular flexibility index (Phi) is 11.6. The predicted molar refractivity (Wildman–Crippen MR) is 156 cm³/mol. The number of ketones is 1. The number of unbranched alkanes of at least 4 members (excludes halogenated alkanes) is 3. The first kappa shape index (κ1) is 29.2. The Bertz CT molecular complexity index is 1020. The summed E-state index contributed by atoms with van der Waals surface area (Å²) in [6, 6.07) is 7.78. The number of aromatic nitrogens is 1. The number of rotatable bonds is 13. The molecule has 2 aromatic rings. The van der Waals surface area contributed by atoms with Crippen LogP contribution in [0.4, 0.5) is 0 Å². The Balaban J connectivity index is 1.12. The van der Waals surface area contributed by atoms with Gasteiger partial charge in [0.05, 0.1) is 30.2 Å². The third-order valence-electron chi connectivity index (χ3n) is 7.26. The number of hydrogen-bond acceptors (Lipinski definition) is 8.